The van der Waals surface area contributed by atoms with E-state index in [4.69, 9.17) is 16.7 Å². The smallest absolute Gasteiger partial charge is 0.145 e. The number of hydrogen-bond donors (Lipinski definition) is 0. The zero-order valence-electron chi connectivity index (χ0n) is 11.9. The molecule has 4 heteroatoms. The molecule has 2 aliphatic carbocycles. The van der Waals surface area contributed by atoms with Crippen molar-refractivity contribution in [2.24, 2.45) is 0 Å². The molecule has 108 valence electrons. The van der Waals surface area contributed by atoms with Crippen LogP contribution in [0.5, 0.6) is 0 Å². The van der Waals surface area contributed by atoms with Crippen LogP contribution in [0.4, 0.5) is 0 Å². The van der Waals surface area contributed by atoms with Gasteiger partial charge in [-0.1, -0.05) is 50.1 Å². The molecule has 2 aliphatic rings. The average molecular weight is 292 g/mol. The molecule has 0 atom stereocenters. The molecular formula is C16H22ClN3. The first-order valence-corrected chi connectivity index (χ1v) is 8.37. The summed E-state index contributed by atoms with van der Waals surface area (Å²) in [5, 5.41) is 14.8. The second-order valence-corrected chi connectivity index (χ2v) is 6.59. The van der Waals surface area contributed by atoms with Crippen molar-refractivity contribution in [1.29, 1.82) is 5.26 Å². The van der Waals surface area contributed by atoms with Gasteiger partial charge in [0.2, 0.25) is 0 Å². The highest BCUT2D eigenvalue weighted by atomic mass is 35.5. The Hall–Kier alpha value is -1.01. The van der Waals surface area contributed by atoms with Crippen molar-refractivity contribution >= 4 is 11.6 Å². The molecule has 0 saturated heterocycles. The minimum absolute atomic E-state index is 0.396. The zero-order chi connectivity index (χ0) is 13.9. The second-order valence-electron chi connectivity index (χ2n) is 6.23. The Bertz CT molecular complexity index is 501. The van der Waals surface area contributed by atoms with E-state index in [0.29, 0.717) is 22.7 Å². The number of halogens is 1. The van der Waals surface area contributed by atoms with E-state index < -0.39 is 0 Å². The molecule has 1 heterocycles. The SMILES string of the molecule is N#Cc1c(C2CCCC2)nn(C2CCCCCC2)c1Cl. The summed E-state index contributed by atoms with van der Waals surface area (Å²) in [6.07, 6.45) is 12.3. The first-order chi connectivity index (χ1) is 9.81. The molecule has 1 aromatic heterocycles. The number of nitriles is 1. The third kappa shape index (κ3) is 2.59. The van der Waals surface area contributed by atoms with E-state index in [1.165, 1.54) is 38.5 Å². The van der Waals surface area contributed by atoms with Crippen molar-refractivity contribution in [3.8, 4) is 6.07 Å². The fraction of sp³-hybridized carbons (Fsp3) is 0.750. The van der Waals surface area contributed by atoms with Crippen molar-refractivity contribution in [2.75, 3.05) is 0 Å². The van der Waals surface area contributed by atoms with Crippen molar-refractivity contribution < 1.29 is 0 Å². The number of nitrogens with zero attached hydrogens (tertiary/aromatic N) is 3. The maximum atomic E-state index is 9.44. The van der Waals surface area contributed by atoms with Crippen LogP contribution < -0.4 is 0 Å². The Morgan fingerprint density at radius 1 is 1.00 bits per heavy atom. The van der Waals surface area contributed by atoms with Crippen LogP contribution in [0.1, 0.15) is 87.4 Å². The average Bonchev–Trinajstić information content (AvgIpc) is 3.00. The van der Waals surface area contributed by atoms with Crippen molar-refractivity contribution in [2.45, 2.75) is 76.2 Å². The van der Waals surface area contributed by atoms with Gasteiger partial charge in [0.05, 0.1) is 11.7 Å². The Kier molecular flexibility index (Phi) is 4.31. The zero-order valence-corrected chi connectivity index (χ0v) is 12.7. The standard InChI is InChI=1S/C16H22ClN3/c17-16-14(11-18)15(12-7-5-6-8-12)19-20(16)13-9-3-1-2-4-10-13/h12-13H,1-10H2. The van der Waals surface area contributed by atoms with Gasteiger partial charge in [0.15, 0.2) is 0 Å². The minimum Gasteiger partial charge on any atom is -0.249 e. The van der Waals surface area contributed by atoms with Crippen LogP contribution in [0.3, 0.4) is 0 Å². The fourth-order valence-corrected chi connectivity index (χ4v) is 4.08. The fourth-order valence-electron chi connectivity index (χ4n) is 3.76. The van der Waals surface area contributed by atoms with Crippen LogP contribution in [0.2, 0.25) is 5.15 Å². The third-order valence-corrected chi connectivity index (χ3v) is 5.27. The molecule has 2 saturated carbocycles. The highest BCUT2D eigenvalue weighted by molar-refractivity contribution is 6.30. The van der Waals surface area contributed by atoms with Gasteiger partial charge in [-0.15, -0.1) is 0 Å². The van der Waals surface area contributed by atoms with E-state index in [0.717, 1.165) is 31.4 Å². The van der Waals surface area contributed by atoms with E-state index in [1.807, 2.05) is 4.68 Å². The van der Waals surface area contributed by atoms with Gasteiger partial charge in [0.25, 0.3) is 0 Å². The quantitative estimate of drug-likeness (QED) is 0.723. The molecule has 3 rings (SSSR count). The summed E-state index contributed by atoms with van der Waals surface area (Å²) < 4.78 is 1.97. The van der Waals surface area contributed by atoms with Gasteiger partial charge >= 0.3 is 0 Å². The molecule has 3 nitrogen and oxygen atoms in total. The van der Waals surface area contributed by atoms with Crippen molar-refractivity contribution in [3.63, 3.8) is 0 Å². The normalized spacial score (nSPS) is 21.8. The van der Waals surface area contributed by atoms with E-state index in [9.17, 15) is 5.26 Å². The van der Waals surface area contributed by atoms with Crippen LogP contribution in [0, 0.1) is 11.3 Å². The van der Waals surface area contributed by atoms with Gasteiger partial charge in [-0.3, -0.25) is 0 Å². The van der Waals surface area contributed by atoms with Gasteiger partial charge in [0.1, 0.15) is 16.8 Å². The van der Waals surface area contributed by atoms with Crippen LogP contribution in [-0.2, 0) is 0 Å². The van der Waals surface area contributed by atoms with Gasteiger partial charge in [-0.05, 0) is 25.7 Å². The van der Waals surface area contributed by atoms with Crippen LogP contribution in [-0.4, -0.2) is 9.78 Å². The molecule has 0 spiro atoms. The Morgan fingerprint density at radius 2 is 1.60 bits per heavy atom. The van der Waals surface area contributed by atoms with E-state index in [-0.39, 0.29) is 0 Å². The first kappa shape index (κ1) is 13.9. The number of hydrogen-bond acceptors (Lipinski definition) is 2. The summed E-state index contributed by atoms with van der Waals surface area (Å²) in [7, 11) is 0. The lowest BCUT2D eigenvalue weighted by atomic mass is 10.0. The summed E-state index contributed by atoms with van der Waals surface area (Å²) in [5.74, 6) is 0.453. The lowest BCUT2D eigenvalue weighted by Crippen LogP contribution is -2.10. The summed E-state index contributed by atoms with van der Waals surface area (Å²) in [6.45, 7) is 0. The summed E-state index contributed by atoms with van der Waals surface area (Å²) in [6, 6.07) is 2.70. The highest BCUT2D eigenvalue weighted by Crippen LogP contribution is 2.39. The number of rotatable bonds is 2. The van der Waals surface area contributed by atoms with Gasteiger partial charge in [0, 0.05) is 5.92 Å². The third-order valence-electron chi connectivity index (χ3n) is 4.90. The van der Waals surface area contributed by atoms with Gasteiger partial charge in [-0.2, -0.15) is 10.4 Å². The van der Waals surface area contributed by atoms with Crippen LogP contribution in [0.25, 0.3) is 0 Å². The minimum atomic E-state index is 0.396. The lowest BCUT2D eigenvalue weighted by molar-refractivity contribution is 0.401. The molecular weight excluding hydrogens is 270 g/mol. The lowest BCUT2D eigenvalue weighted by Gasteiger charge is -2.15. The highest BCUT2D eigenvalue weighted by Gasteiger charge is 2.28. The van der Waals surface area contributed by atoms with E-state index >= 15 is 0 Å². The molecule has 2 fully saturated rings. The second kappa shape index (κ2) is 6.18. The molecule has 20 heavy (non-hydrogen) atoms. The molecule has 0 radical (unpaired) electrons. The van der Waals surface area contributed by atoms with E-state index in [1.54, 1.807) is 0 Å². The molecule has 0 amide bonds. The Labute approximate surface area is 125 Å². The molecule has 0 aliphatic heterocycles. The number of aromatic nitrogens is 2. The Morgan fingerprint density at radius 3 is 2.20 bits per heavy atom. The van der Waals surface area contributed by atoms with Gasteiger partial charge < -0.3 is 0 Å². The Balaban J connectivity index is 1.92. The molecule has 0 unspecified atom stereocenters. The molecule has 0 bridgehead atoms. The maximum absolute atomic E-state index is 9.44. The summed E-state index contributed by atoms with van der Waals surface area (Å²) >= 11 is 6.47. The molecule has 1 aromatic rings. The predicted octanol–water partition coefficient (Wildman–Crippen LogP) is 4.96. The molecule has 0 N–H and O–H groups in total. The topological polar surface area (TPSA) is 41.6 Å². The van der Waals surface area contributed by atoms with Gasteiger partial charge in [-0.25, -0.2) is 4.68 Å². The summed E-state index contributed by atoms with van der Waals surface area (Å²) in [5.41, 5.74) is 1.61. The van der Waals surface area contributed by atoms with Crippen LogP contribution >= 0.6 is 11.6 Å². The van der Waals surface area contributed by atoms with Crippen molar-refractivity contribution in [3.05, 3.63) is 16.4 Å². The van der Waals surface area contributed by atoms with E-state index in [2.05, 4.69) is 6.07 Å². The molecule has 0 aromatic carbocycles. The maximum Gasteiger partial charge on any atom is 0.145 e. The van der Waals surface area contributed by atoms with Crippen LogP contribution in [0.15, 0.2) is 0 Å². The van der Waals surface area contributed by atoms with Crippen molar-refractivity contribution in [1.82, 2.24) is 9.78 Å². The largest absolute Gasteiger partial charge is 0.249 e. The summed E-state index contributed by atoms with van der Waals surface area (Å²) in [4.78, 5) is 0. The monoisotopic (exact) mass is 291 g/mol. The predicted molar refractivity (Wildman–Crippen MR) is 79.9 cm³/mol. The first-order valence-electron chi connectivity index (χ1n) is 7.99.